The molecule has 142 valence electrons. The van der Waals surface area contributed by atoms with Crippen LogP contribution >= 0.6 is 0 Å². The summed E-state index contributed by atoms with van der Waals surface area (Å²) >= 11 is 0. The monoisotopic (exact) mass is 370 g/mol. The zero-order valence-electron chi connectivity index (χ0n) is 15.3. The number of para-hydroxylation sites is 1. The molecule has 0 atom stereocenters. The van der Waals surface area contributed by atoms with Gasteiger partial charge in [0.15, 0.2) is 6.61 Å². The molecule has 1 N–H and O–H groups in total. The van der Waals surface area contributed by atoms with Crippen molar-refractivity contribution in [3.63, 3.8) is 0 Å². The molecule has 2 amide bonds. The molecule has 2 aromatic carbocycles. The molecule has 2 rings (SSSR count). The molecule has 2 aromatic rings. The normalized spacial score (nSPS) is 10.0. The maximum atomic E-state index is 12.3. The van der Waals surface area contributed by atoms with E-state index in [0.29, 0.717) is 18.7 Å². The number of carbonyl (C=O) groups excluding carboxylic acids is 3. The highest BCUT2D eigenvalue weighted by Gasteiger charge is 2.20. The van der Waals surface area contributed by atoms with E-state index in [0.717, 1.165) is 5.56 Å². The molecule has 0 bridgehead atoms. The van der Waals surface area contributed by atoms with Gasteiger partial charge in [0, 0.05) is 13.6 Å². The molecule has 0 unspecified atom stereocenters. The standard InChI is InChI=1S/C20H22N2O5/c1-22(20(25)26-2)17-11-7-6-10-16(17)19(24)27-14-18(23)21-13-12-15-8-4-3-5-9-15/h3-11H,12-14H2,1-2H3,(H,21,23). The molecule has 7 nitrogen and oxygen atoms in total. The molecule has 0 saturated heterocycles. The van der Waals surface area contributed by atoms with Gasteiger partial charge in [-0.15, -0.1) is 0 Å². The average Bonchev–Trinajstić information content (AvgIpc) is 2.71. The molecule has 0 radical (unpaired) electrons. The van der Waals surface area contributed by atoms with Crippen molar-refractivity contribution in [2.24, 2.45) is 0 Å². The lowest BCUT2D eigenvalue weighted by atomic mass is 10.1. The number of nitrogens with one attached hydrogen (secondary N) is 1. The van der Waals surface area contributed by atoms with Crippen LogP contribution in [0.3, 0.4) is 0 Å². The lowest BCUT2D eigenvalue weighted by Gasteiger charge is -2.18. The zero-order chi connectivity index (χ0) is 19.6. The molecule has 0 spiro atoms. The molecule has 0 fully saturated rings. The van der Waals surface area contributed by atoms with Crippen molar-refractivity contribution in [2.75, 3.05) is 32.2 Å². The third-order valence-corrected chi connectivity index (χ3v) is 3.85. The topological polar surface area (TPSA) is 84.9 Å². The van der Waals surface area contributed by atoms with Crippen molar-refractivity contribution in [1.29, 1.82) is 0 Å². The van der Waals surface area contributed by atoms with Crippen molar-refractivity contribution < 1.29 is 23.9 Å². The highest BCUT2D eigenvalue weighted by molar-refractivity contribution is 6.01. The molecule has 0 aliphatic rings. The van der Waals surface area contributed by atoms with Gasteiger partial charge in [-0.1, -0.05) is 42.5 Å². The van der Waals surface area contributed by atoms with Gasteiger partial charge in [-0.25, -0.2) is 9.59 Å². The fourth-order valence-electron chi connectivity index (χ4n) is 2.42. The molecular formula is C20H22N2O5. The highest BCUT2D eigenvalue weighted by atomic mass is 16.5. The van der Waals surface area contributed by atoms with Crippen LogP contribution in [0.5, 0.6) is 0 Å². The Labute approximate surface area is 157 Å². The van der Waals surface area contributed by atoms with E-state index >= 15 is 0 Å². The van der Waals surface area contributed by atoms with E-state index in [1.807, 2.05) is 30.3 Å². The largest absolute Gasteiger partial charge is 0.452 e. The first kappa shape index (κ1) is 20.0. The maximum absolute atomic E-state index is 12.3. The Balaban J connectivity index is 1.86. The van der Waals surface area contributed by atoms with Crippen LogP contribution in [0.1, 0.15) is 15.9 Å². The van der Waals surface area contributed by atoms with E-state index in [1.54, 1.807) is 18.2 Å². The second-order valence-corrected chi connectivity index (χ2v) is 5.71. The molecule has 0 aromatic heterocycles. The molecule has 0 aliphatic heterocycles. The third kappa shape index (κ3) is 5.85. The molecule has 0 aliphatic carbocycles. The summed E-state index contributed by atoms with van der Waals surface area (Å²) in [6.07, 6.45) is 0.0710. The Kier molecular flexibility index (Phi) is 7.37. The number of esters is 1. The van der Waals surface area contributed by atoms with Crippen molar-refractivity contribution in [1.82, 2.24) is 5.32 Å². The third-order valence-electron chi connectivity index (χ3n) is 3.85. The van der Waals surface area contributed by atoms with Crippen LogP contribution in [0.15, 0.2) is 54.6 Å². The molecular weight excluding hydrogens is 348 g/mol. The molecule has 27 heavy (non-hydrogen) atoms. The fourth-order valence-corrected chi connectivity index (χ4v) is 2.42. The van der Waals surface area contributed by atoms with Crippen LogP contribution in [0, 0.1) is 0 Å². The van der Waals surface area contributed by atoms with Gasteiger partial charge in [-0.05, 0) is 24.1 Å². The Morgan fingerprint density at radius 2 is 1.67 bits per heavy atom. The number of ether oxygens (including phenoxy) is 2. The Hall–Kier alpha value is -3.35. The second kappa shape index (κ2) is 9.96. The van der Waals surface area contributed by atoms with Gasteiger partial charge < -0.3 is 14.8 Å². The lowest BCUT2D eigenvalue weighted by Crippen LogP contribution is -2.31. The lowest BCUT2D eigenvalue weighted by molar-refractivity contribution is -0.124. The first-order valence-corrected chi connectivity index (χ1v) is 8.41. The van der Waals surface area contributed by atoms with Gasteiger partial charge in [0.05, 0.1) is 18.4 Å². The highest BCUT2D eigenvalue weighted by Crippen LogP contribution is 2.20. The van der Waals surface area contributed by atoms with Crippen LogP contribution in [-0.4, -0.2) is 45.3 Å². The van der Waals surface area contributed by atoms with Crippen LogP contribution in [0.25, 0.3) is 0 Å². The average molecular weight is 370 g/mol. The summed E-state index contributed by atoms with van der Waals surface area (Å²) in [5.74, 6) is -1.09. The minimum absolute atomic E-state index is 0.169. The number of anilines is 1. The molecule has 7 heteroatoms. The summed E-state index contributed by atoms with van der Waals surface area (Å²) in [4.78, 5) is 37.0. The fraction of sp³-hybridized carbons (Fsp3) is 0.250. The number of amides is 2. The van der Waals surface area contributed by atoms with E-state index in [9.17, 15) is 14.4 Å². The predicted molar refractivity (Wildman–Crippen MR) is 101 cm³/mol. The van der Waals surface area contributed by atoms with Gasteiger partial charge >= 0.3 is 12.1 Å². The van der Waals surface area contributed by atoms with Crippen LogP contribution < -0.4 is 10.2 Å². The van der Waals surface area contributed by atoms with Crippen molar-refractivity contribution >= 4 is 23.7 Å². The summed E-state index contributed by atoms with van der Waals surface area (Å²) in [5.41, 5.74) is 1.61. The molecule has 0 saturated carbocycles. The minimum atomic E-state index is -0.695. The van der Waals surface area contributed by atoms with E-state index in [2.05, 4.69) is 10.1 Å². The van der Waals surface area contributed by atoms with Gasteiger partial charge in [0.2, 0.25) is 0 Å². The van der Waals surface area contributed by atoms with E-state index < -0.39 is 24.6 Å². The number of hydrogen-bond acceptors (Lipinski definition) is 5. The van der Waals surface area contributed by atoms with E-state index in [4.69, 9.17) is 4.74 Å². The summed E-state index contributed by atoms with van der Waals surface area (Å²) in [7, 11) is 2.73. The van der Waals surface area contributed by atoms with E-state index in [-0.39, 0.29) is 5.56 Å². The van der Waals surface area contributed by atoms with Gasteiger partial charge in [-0.3, -0.25) is 9.69 Å². The predicted octanol–water partition coefficient (Wildman–Crippen LogP) is 2.40. The van der Waals surface area contributed by atoms with Gasteiger partial charge in [0.1, 0.15) is 0 Å². The van der Waals surface area contributed by atoms with Crippen LogP contribution in [-0.2, 0) is 20.7 Å². The summed E-state index contributed by atoms with van der Waals surface area (Å²) < 4.78 is 9.72. The smallest absolute Gasteiger partial charge is 0.413 e. The van der Waals surface area contributed by atoms with Crippen LogP contribution in [0.4, 0.5) is 10.5 Å². The quantitative estimate of drug-likeness (QED) is 0.757. The van der Waals surface area contributed by atoms with Crippen molar-refractivity contribution in [3.8, 4) is 0 Å². The maximum Gasteiger partial charge on any atom is 0.413 e. The summed E-state index contributed by atoms with van der Waals surface area (Å²) in [6, 6.07) is 16.2. The SMILES string of the molecule is COC(=O)N(C)c1ccccc1C(=O)OCC(=O)NCCc1ccccc1. The van der Waals surface area contributed by atoms with E-state index in [1.165, 1.54) is 25.1 Å². The number of hydrogen-bond donors (Lipinski definition) is 1. The molecule has 0 heterocycles. The number of nitrogens with zero attached hydrogens (tertiary/aromatic N) is 1. The Morgan fingerprint density at radius 1 is 1.00 bits per heavy atom. The number of methoxy groups -OCH3 is 1. The van der Waals surface area contributed by atoms with Crippen molar-refractivity contribution in [2.45, 2.75) is 6.42 Å². The summed E-state index contributed by atoms with van der Waals surface area (Å²) in [6.45, 7) is 0.0476. The Morgan fingerprint density at radius 3 is 2.37 bits per heavy atom. The Bertz CT molecular complexity index is 792. The zero-order valence-corrected chi connectivity index (χ0v) is 15.3. The first-order valence-electron chi connectivity index (χ1n) is 8.41. The number of carbonyl (C=O) groups is 3. The van der Waals surface area contributed by atoms with Crippen molar-refractivity contribution in [3.05, 3.63) is 65.7 Å². The number of benzene rings is 2. The van der Waals surface area contributed by atoms with Crippen LogP contribution in [0.2, 0.25) is 0 Å². The number of rotatable bonds is 7. The minimum Gasteiger partial charge on any atom is -0.452 e. The second-order valence-electron chi connectivity index (χ2n) is 5.71. The first-order chi connectivity index (χ1) is 13.0. The summed E-state index contributed by atoms with van der Waals surface area (Å²) in [5, 5.41) is 2.70. The van der Waals surface area contributed by atoms with Gasteiger partial charge in [-0.2, -0.15) is 0 Å². The van der Waals surface area contributed by atoms with Gasteiger partial charge in [0.25, 0.3) is 5.91 Å².